The molecule has 2 N–H and O–H groups in total. The van der Waals surface area contributed by atoms with Gasteiger partial charge in [-0.1, -0.05) is 11.6 Å². The van der Waals surface area contributed by atoms with Crippen LogP contribution in [-0.4, -0.2) is 60.4 Å². The molecule has 3 aliphatic rings. The van der Waals surface area contributed by atoms with Crippen molar-refractivity contribution in [3.05, 3.63) is 22.2 Å². The predicted octanol–water partition coefficient (Wildman–Crippen LogP) is 3.41. The summed E-state index contributed by atoms with van der Waals surface area (Å²) in [6.45, 7) is 8.18. The van der Waals surface area contributed by atoms with E-state index < -0.39 is 5.60 Å². The van der Waals surface area contributed by atoms with Crippen molar-refractivity contribution in [1.82, 2.24) is 10.2 Å². The third-order valence-corrected chi connectivity index (χ3v) is 7.54. The highest BCUT2D eigenvalue weighted by Gasteiger charge is 2.42. The Labute approximate surface area is 183 Å². The number of aliphatic hydroxyl groups is 1. The Balaban J connectivity index is 1.38. The van der Waals surface area contributed by atoms with Crippen LogP contribution in [0.2, 0.25) is 5.02 Å². The Hall–Kier alpha value is -1.50. The number of nitrogens with one attached hydrogen (secondary N) is 1. The van der Waals surface area contributed by atoms with Gasteiger partial charge >= 0.3 is 0 Å². The summed E-state index contributed by atoms with van der Waals surface area (Å²) in [5.41, 5.74) is 0.708. The quantitative estimate of drug-likeness (QED) is 0.756. The summed E-state index contributed by atoms with van der Waals surface area (Å²) in [5.74, 6) is 1.79. The lowest BCUT2D eigenvalue weighted by atomic mass is 9.78. The van der Waals surface area contributed by atoms with Crippen LogP contribution in [0, 0.1) is 18.8 Å². The molecule has 4 rings (SSSR count). The largest absolute Gasteiger partial charge is 0.484 e. The van der Waals surface area contributed by atoms with Crippen molar-refractivity contribution in [2.45, 2.75) is 64.2 Å². The monoisotopic (exact) mass is 436 g/mol. The Bertz CT molecular complexity index is 808. The highest BCUT2D eigenvalue weighted by Crippen LogP contribution is 2.45. The molecule has 7 heteroatoms. The van der Waals surface area contributed by atoms with Crippen LogP contribution in [0.15, 0.2) is 6.07 Å². The standard InChI is InChI=1S/C23H33ClN2O4/c1-13-17(22(27)25-4)9-18(24)21-20(13)30-19(12-29-21)14-5-7-16(8-6-14)26-10-15(11-26)23(2,3)28/h9,14-16,19,28H,5-8,10-12H2,1-4H3,(H,25,27). The highest BCUT2D eigenvalue weighted by atomic mass is 35.5. The first kappa shape index (κ1) is 21.7. The van der Waals surface area contributed by atoms with Crippen LogP contribution < -0.4 is 14.8 Å². The number of amides is 1. The number of carbonyl (C=O) groups excluding carboxylic acids is 1. The van der Waals surface area contributed by atoms with E-state index >= 15 is 0 Å². The number of ether oxygens (including phenoxy) is 2. The molecule has 0 radical (unpaired) electrons. The zero-order valence-electron chi connectivity index (χ0n) is 18.3. The average Bonchev–Trinajstić information content (AvgIpc) is 2.68. The third kappa shape index (κ3) is 4.02. The molecule has 1 aliphatic carbocycles. The average molecular weight is 437 g/mol. The molecule has 6 nitrogen and oxygen atoms in total. The van der Waals surface area contributed by atoms with Gasteiger partial charge in [0.15, 0.2) is 11.5 Å². The Morgan fingerprint density at radius 3 is 2.50 bits per heavy atom. The number of rotatable bonds is 4. The lowest BCUT2D eigenvalue weighted by molar-refractivity contribution is -0.0858. The topological polar surface area (TPSA) is 71.0 Å². The minimum Gasteiger partial charge on any atom is -0.484 e. The lowest BCUT2D eigenvalue weighted by Gasteiger charge is -2.50. The van der Waals surface area contributed by atoms with Crippen molar-refractivity contribution in [1.29, 1.82) is 0 Å². The minimum absolute atomic E-state index is 0.0198. The van der Waals surface area contributed by atoms with E-state index in [1.54, 1.807) is 13.1 Å². The van der Waals surface area contributed by atoms with Crippen LogP contribution in [-0.2, 0) is 0 Å². The number of benzene rings is 1. The number of nitrogens with zero attached hydrogens (tertiary/aromatic N) is 1. The van der Waals surface area contributed by atoms with Gasteiger partial charge < -0.3 is 19.9 Å². The molecular weight excluding hydrogens is 404 g/mol. The highest BCUT2D eigenvalue weighted by molar-refractivity contribution is 6.32. The summed E-state index contributed by atoms with van der Waals surface area (Å²) in [6.07, 6.45) is 4.47. The Kier molecular flexibility index (Phi) is 5.94. The van der Waals surface area contributed by atoms with Crippen molar-refractivity contribution >= 4 is 17.5 Å². The number of halogens is 1. The number of hydrogen-bond acceptors (Lipinski definition) is 5. The van der Waals surface area contributed by atoms with Crippen LogP contribution in [0.1, 0.15) is 55.5 Å². The maximum absolute atomic E-state index is 12.2. The Morgan fingerprint density at radius 1 is 1.23 bits per heavy atom. The number of fused-ring (bicyclic) bond motifs is 1. The van der Waals surface area contributed by atoms with E-state index in [-0.39, 0.29) is 12.0 Å². The molecule has 2 heterocycles. The van der Waals surface area contributed by atoms with E-state index in [1.165, 1.54) is 0 Å². The summed E-state index contributed by atoms with van der Waals surface area (Å²) in [5, 5.41) is 13.2. The second-order valence-electron chi connectivity index (χ2n) is 9.61. The van der Waals surface area contributed by atoms with Gasteiger partial charge in [-0.05, 0) is 58.4 Å². The lowest BCUT2D eigenvalue weighted by Crippen LogP contribution is -2.59. The van der Waals surface area contributed by atoms with Gasteiger partial charge in [0.05, 0.1) is 10.6 Å². The first-order valence-electron chi connectivity index (χ1n) is 11.0. The summed E-state index contributed by atoms with van der Waals surface area (Å²) in [7, 11) is 1.61. The second kappa shape index (κ2) is 8.21. The van der Waals surface area contributed by atoms with E-state index in [9.17, 15) is 9.90 Å². The zero-order valence-corrected chi connectivity index (χ0v) is 19.1. The zero-order chi connectivity index (χ0) is 21.6. The van der Waals surface area contributed by atoms with E-state index in [1.807, 2.05) is 20.8 Å². The summed E-state index contributed by atoms with van der Waals surface area (Å²) >= 11 is 6.37. The molecule has 0 aromatic heterocycles. The normalized spacial score (nSPS) is 27.5. The summed E-state index contributed by atoms with van der Waals surface area (Å²) < 4.78 is 12.4. The third-order valence-electron chi connectivity index (χ3n) is 7.26. The maximum Gasteiger partial charge on any atom is 0.251 e. The Morgan fingerprint density at radius 2 is 1.90 bits per heavy atom. The number of hydrogen-bond donors (Lipinski definition) is 2. The molecule has 0 spiro atoms. The van der Waals surface area contributed by atoms with Crippen molar-refractivity contribution in [2.75, 3.05) is 26.7 Å². The van der Waals surface area contributed by atoms with Crippen LogP contribution in [0.5, 0.6) is 11.5 Å². The summed E-state index contributed by atoms with van der Waals surface area (Å²) in [4.78, 5) is 14.7. The van der Waals surface area contributed by atoms with Crippen molar-refractivity contribution in [2.24, 2.45) is 11.8 Å². The molecule has 1 aromatic rings. The molecule has 1 amide bonds. The van der Waals surface area contributed by atoms with E-state index in [0.717, 1.165) is 44.3 Å². The van der Waals surface area contributed by atoms with Gasteiger partial charge in [-0.25, -0.2) is 0 Å². The number of carbonyl (C=O) groups is 1. The van der Waals surface area contributed by atoms with Gasteiger partial charge in [-0.15, -0.1) is 0 Å². The first-order valence-corrected chi connectivity index (χ1v) is 11.4. The molecule has 1 atom stereocenters. The SMILES string of the molecule is CNC(=O)c1cc(Cl)c2c(c1C)OC(C1CCC(N3CC(C(C)(C)O)C3)CC1)CO2. The molecule has 0 bridgehead atoms. The van der Waals surface area contributed by atoms with Crippen molar-refractivity contribution in [3.8, 4) is 11.5 Å². The molecule has 166 valence electrons. The first-order chi connectivity index (χ1) is 14.2. The molecule has 1 unspecified atom stereocenters. The fourth-order valence-corrected chi connectivity index (χ4v) is 5.28. The molecule has 1 saturated heterocycles. The van der Waals surface area contributed by atoms with Gasteiger partial charge in [-0.3, -0.25) is 9.69 Å². The minimum atomic E-state index is -0.582. The van der Waals surface area contributed by atoms with Gasteiger partial charge in [0.2, 0.25) is 0 Å². The van der Waals surface area contributed by atoms with Crippen LogP contribution >= 0.6 is 11.6 Å². The number of likely N-dealkylation sites (tertiary alicyclic amines) is 1. The molecule has 1 aromatic carbocycles. The fourth-order valence-electron chi connectivity index (χ4n) is 5.03. The van der Waals surface area contributed by atoms with E-state index in [4.69, 9.17) is 21.1 Å². The smallest absolute Gasteiger partial charge is 0.251 e. The summed E-state index contributed by atoms with van der Waals surface area (Å²) in [6, 6.07) is 2.25. The van der Waals surface area contributed by atoms with Gasteiger partial charge in [0.25, 0.3) is 5.91 Å². The molecule has 30 heavy (non-hydrogen) atoms. The fraction of sp³-hybridized carbons (Fsp3) is 0.696. The molecule has 1 saturated carbocycles. The maximum atomic E-state index is 12.2. The van der Waals surface area contributed by atoms with Crippen molar-refractivity contribution in [3.63, 3.8) is 0 Å². The van der Waals surface area contributed by atoms with Gasteiger partial charge in [0, 0.05) is 43.2 Å². The molecule has 2 fully saturated rings. The van der Waals surface area contributed by atoms with Crippen LogP contribution in [0.4, 0.5) is 0 Å². The molecule has 2 aliphatic heterocycles. The van der Waals surface area contributed by atoms with E-state index in [0.29, 0.717) is 46.6 Å². The van der Waals surface area contributed by atoms with Crippen LogP contribution in [0.25, 0.3) is 0 Å². The van der Waals surface area contributed by atoms with E-state index in [2.05, 4.69) is 10.2 Å². The van der Waals surface area contributed by atoms with Crippen LogP contribution in [0.3, 0.4) is 0 Å². The predicted molar refractivity (Wildman–Crippen MR) is 117 cm³/mol. The van der Waals surface area contributed by atoms with Gasteiger partial charge in [-0.2, -0.15) is 0 Å². The molecular formula is C23H33ClN2O4. The second-order valence-corrected chi connectivity index (χ2v) is 10.0. The van der Waals surface area contributed by atoms with Gasteiger partial charge in [0.1, 0.15) is 12.7 Å². The van der Waals surface area contributed by atoms with Crippen molar-refractivity contribution < 1.29 is 19.4 Å².